The van der Waals surface area contributed by atoms with Crippen LogP contribution in [-0.4, -0.2) is 33.0 Å². The predicted octanol–water partition coefficient (Wildman–Crippen LogP) is 6.66. The van der Waals surface area contributed by atoms with Crippen LogP contribution in [0.1, 0.15) is 67.6 Å². The van der Waals surface area contributed by atoms with E-state index in [1.807, 2.05) is 48.8 Å². The first-order chi connectivity index (χ1) is 18.5. The molecule has 0 aliphatic heterocycles. The highest BCUT2D eigenvalue weighted by atomic mass is 16.4. The second-order valence-corrected chi connectivity index (χ2v) is 11.2. The van der Waals surface area contributed by atoms with Gasteiger partial charge in [0.15, 0.2) is 5.82 Å². The van der Waals surface area contributed by atoms with Crippen molar-refractivity contribution in [1.29, 1.82) is 0 Å². The first-order valence-electron chi connectivity index (χ1n) is 13.2. The van der Waals surface area contributed by atoms with E-state index < -0.39 is 17.9 Å². The topological polar surface area (TPSA) is 92.2 Å². The van der Waals surface area contributed by atoms with Crippen LogP contribution in [0.15, 0.2) is 85.2 Å². The summed E-state index contributed by atoms with van der Waals surface area (Å²) in [6.45, 7) is 10.7. The van der Waals surface area contributed by atoms with Gasteiger partial charge >= 0.3 is 5.97 Å². The number of carboxylic acid groups (broad SMARTS) is 1. The van der Waals surface area contributed by atoms with Gasteiger partial charge in [0.1, 0.15) is 6.04 Å². The maximum Gasteiger partial charge on any atom is 0.326 e. The van der Waals surface area contributed by atoms with Crippen molar-refractivity contribution in [2.75, 3.05) is 0 Å². The number of carboxylic acids is 1. The lowest BCUT2D eigenvalue weighted by atomic mass is 9.86. The van der Waals surface area contributed by atoms with Crippen LogP contribution in [-0.2, 0) is 16.6 Å². The zero-order valence-electron chi connectivity index (χ0n) is 23.1. The summed E-state index contributed by atoms with van der Waals surface area (Å²) in [5.74, 6) is -0.549. The van der Waals surface area contributed by atoms with Gasteiger partial charge in [-0.3, -0.25) is 4.79 Å². The number of carbonyl (C=O) groups excluding carboxylic acids is 1. The van der Waals surface area contributed by atoms with Gasteiger partial charge < -0.3 is 10.4 Å². The minimum absolute atomic E-state index is 0.0980. The van der Waals surface area contributed by atoms with E-state index in [9.17, 15) is 14.7 Å². The fraction of sp³-hybridized carbons (Fsp3) is 0.273. The molecule has 39 heavy (non-hydrogen) atoms. The second-order valence-electron chi connectivity index (χ2n) is 11.2. The van der Waals surface area contributed by atoms with Crippen molar-refractivity contribution in [1.82, 2.24) is 15.3 Å². The van der Waals surface area contributed by atoms with Gasteiger partial charge in [0, 0.05) is 35.5 Å². The number of rotatable bonds is 8. The third kappa shape index (κ3) is 6.96. The van der Waals surface area contributed by atoms with Crippen LogP contribution in [0, 0.1) is 0 Å². The van der Waals surface area contributed by atoms with Gasteiger partial charge in [-0.15, -0.1) is 0 Å². The predicted molar refractivity (Wildman–Crippen MR) is 155 cm³/mol. The van der Waals surface area contributed by atoms with Crippen molar-refractivity contribution in [3.05, 3.63) is 107 Å². The Morgan fingerprint density at radius 2 is 1.36 bits per heavy atom. The van der Waals surface area contributed by atoms with Gasteiger partial charge in [0.2, 0.25) is 0 Å². The van der Waals surface area contributed by atoms with Crippen LogP contribution in [0.5, 0.6) is 0 Å². The molecule has 1 amide bonds. The Morgan fingerprint density at radius 3 is 1.87 bits per heavy atom. The summed E-state index contributed by atoms with van der Waals surface area (Å²) in [4.78, 5) is 33.6. The Hall–Kier alpha value is -4.32. The molecule has 0 radical (unpaired) electrons. The maximum atomic E-state index is 12.7. The number of nitrogens with zero attached hydrogens (tertiary/aromatic N) is 2. The van der Waals surface area contributed by atoms with E-state index in [0.29, 0.717) is 17.3 Å². The molecule has 2 N–H and O–H groups in total. The summed E-state index contributed by atoms with van der Waals surface area (Å²) in [5.41, 5.74) is 6.54. The molecule has 1 atom stereocenters. The number of aromatic nitrogens is 2. The lowest BCUT2D eigenvalue weighted by Crippen LogP contribution is -2.42. The molecule has 4 rings (SSSR count). The van der Waals surface area contributed by atoms with Crippen LogP contribution >= 0.6 is 0 Å². The summed E-state index contributed by atoms with van der Waals surface area (Å²) < 4.78 is 0. The number of amides is 1. The summed E-state index contributed by atoms with van der Waals surface area (Å²) in [7, 11) is 0. The molecule has 6 heteroatoms. The van der Waals surface area contributed by atoms with Gasteiger partial charge in [0.05, 0.1) is 0 Å². The number of benzene rings is 3. The Balaban J connectivity index is 1.41. The van der Waals surface area contributed by atoms with Gasteiger partial charge in [-0.2, -0.15) is 0 Å². The molecule has 0 unspecified atom stereocenters. The Kier molecular flexibility index (Phi) is 8.24. The Labute approximate surface area is 230 Å². The first-order valence-corrected chi connectivity index (χ1v) is 13.2. The highest BCUT2D eigenvalue weighted by molar-refractivity contribution is 5.96. The zero-order chi connectivity index (χ0) is 28.2. The lowest BCUT2D eigenvalue weighted by Gasteiger charge is -2.19. The SMILES string of the molecule is CC(C)c1ccc(C(=O)N[C@@H](Cc2ccc(-c3ncc(-c4ccc(C(C)(C)C)cc4)cn3)cc2)C(=O)O)cc1. The van der Waals surface area contributed by atoms with E-state index in [4.69, 9.17) is 0 Å². The molecule has 1 heterocycles. The highest BCUT2D eigenvalue weighted by Crippen LogP contribution is 2.26. The average molecular weight is 522 g/mol. The van der Waals surface area contributed by atoms with Crippen molar-refractivity contribution in [3.63, 3.8) is 0 Å². The normalized spacial score (nSPS) is 12.3. The number of carbonyl (C=O) groups is 2. The highest BCUT2D eigenvalue weighted by Gasteiger charge is 2.21. The van der Waals surface area contributed by atoms with Crippen LogP contribution in [0.2, 0.25) is 0 Å². The molecule has 0 saturated carbocycles. The molecular formula is C33H35N3O3. The number of hydrogen-bond donors (Lipinski definition) is 2. The van der Waals surface area contributed by atoms with Crippen LogP contribution in [0.25, 0.3) is 22.5 Å². The van der Waals surface area contributed by atoms with E-state index in [0.717, 1.165) is 27.8 Å². The molecule has 4 aromatic rings. The zero-order valence-corrected chi connectivity index (χ0v) is 23.1. The summed E-state index contributed by atoms with van der Waals surface area (Å²) in [6, 6.07) is 22.1. The molecule has 6 nitrogen and oxygen atoms in total. The van der Waals surface area contributed by atoms with Crippen LogP contribution in [0.3, 0.4) is 0 Å². The molecule has 0 saturated heterocycles. The standard InChI is InChI=1S/C33H35N3O3/c1-21(2)23-10-12-26(13-11-23)31(37)36-29(32(38)39)18-22-6-8-25(9-7-22)30-34-19-27(20-35-30)24-14-16-28(17-15-24)33(3,4)5/h6-17,19-21,29H,18H2,1-5H3,(H,36,37)(H,38,39)/t29-/m0/s1. The smallest absolute Gasteiger partial charge is 0.326 e. The average Bonchev–Trinajstić information content (AvgIpc) is 2.92. The molecule has 0 fully saturated rings. The summed E-state index contributed by atoms with van der Waals surface area (Å²) in [5, 5.41) is 12.4. The minimum atomic E-state index is -1.08. The minimum Gasteiger partial charge on any atom is -0.480 e. The number of hydrogen-bond acceptors (Lipinski definition) is 4. The quantitative estimate of drug-likeness (QED) is 0.271. The van der Waals surface area contributed by atoms with Crippen molar-refractivity contribution >= 4 is 11.9 Å². The fourth-order valence-corrected chi connectivity index (χ4v) is 4.28. The summed E-state index contributed by atoms with van der Waals surface area (Å²) in [6.07, 6.45) is 3.79. The Morgan fingerprint density at radius 1 is 0.795 bits per heavy atom. The molecule has 3 aromatic carbocycles. The van der Waals surface area contributed by atoms with E-state index >= 15 is 0 Å². The monoisotopic (exact) mass is 521 g/mol. The first kappa shape index (κ1) is 27.7. The van der Waals surface area contributed by atoms with Gasteiger partial charge in [-0.25, -0.2) is 14.8 Å². The third-order valence-electron chi connectivity index (χ3n) is 6.83. The molecule has 0 aliphatic rings. The largest absolute Gasteiger partial charge is 0.480 e. The third-order valence-corrected chi connectivity index (χ3v) is 6.83. The number of aliphatic carboxylic acids is 1. The molecule has 0 spiro atoms. The molecular weight excluding hydrogens is 486 g/mol. The van der Waals surface area contributed by atoms with Gasteiger partial charge in [-0.05, 0) is 45.7 Å². The number of nitrogens with one attached hydrogen (secondary N) is 1. The van der Waals surface area contributed by atoms with Crippen LogP contribution in [0.4, 0.5) is 0 Å². The van der Waals surface area contributed by atoms with Crippen LogP contribution < -0.4 is 5.32 Å². The van der Waals surface area contributed by atoms with E-state index in [1.165, 1.54) is 5.56 Å². The lowest BCUT2D eigenvalue weighted by molar-refractivity contribution is -0.139. The molecule has 0 bridgehead atoms. The van der Waals surface area contributed by atoms with E-state index in [2.05, 4.69) is 74.2 Å². The van der Waals surface area contributed by atoms with Gasteiger partial charge in [-0.1, -0.05) is 95.3 Å². The molecule has 200 valence electrons. The van der Waals surface area contributed by atoms with Crippen molar-refractivity contribution < 1.29 is 14.7 Å². The second kappa shape index (κ2) is 11.6. The fourth-order valence-electron chi connectivity index (χ4n) is 4.28. The van der Waals surface area contributed by atoms with E-state index in [-0.39, 0.29) is 11.8 Å². The van der Waals surface area contributed by atoms with E-state index in [1.54, 1.807) is 12.1 Å². The van der Waals surface area contributed by atoms with Crippen molar-refractivity contribution in [2.45, 2.75) is 58.4 Å². The van der Waals surface area contributed by atoms with Crippen molar-refractivity contribution in [3.8, 4) is 22.5 Å². The summed E-state index contributed by atoms with van der Waals surface area (Å²) >= 11 is 0. The maximum absolute atomic E-state index is 12.7. The van der Waals surface area contributed by atoms with Crippen molar-refractivity contribution in [2.24, 2.45) is 0 Å². The molecule has 0 aliphatic carbocycles. The Bertz CT molecular complexity index is 1420. The molecule has 1 aromatic heterocycles. The van der Waals surface area contributed by atoms with Gasteiger partial charge in [0.25, 0.3) is 5.91 Å².